The van der Waals surface area contributed by atoms with E-state index >= 15 is 0 Å². The van der Waals surface area contributed by atoms with E-state index in [9.17, 15) is 39.6 Å². The van der Waals surface area contributed by atoms with E-state index < -0.39 is 32.2 Å². The lowest BCUT2D eigenvalue weighted by Gasteiger charge is -2.39. The van der Waals surface area contributed by atoms with Crippen molar-refractivity contribution in [1.29, 1.82) is 0 Å². The number of carbonyl (C=O) groups is 1. The molecule has 6 aromatic rings. The van der Waals surface area contributed by atoms with Gasteiger partial charge < -0.3 is 44.8 Å². The summed E-state index contributed by atoms with van der Waals surface area (Å²) in [6, 6.07) is 8.79. The third-order valence-corrected chi connectivity index (χ3v) is 16.1. The van der Waals surface area contributed by atoms with Gasteiger partial charge in [-0.3, -0.25) is 23.9 Å². The number of alkyl halides is 4. The van der Waals surface area contributed by atoms with Crippen molar-refractivity contribution in [3.05, 3.63) is 68.5 Å². The first-order valence-corrected chi connectivity index (χ1v) is 31.1. The average Bonchev–Trinajstić information content (AvgIpc) is 4.29. The van der Waals surface area contributed by atoms with Gasteiger partial charge >= 0.3 is 12.1 Å². The smallest absolute Gasteiger partial charge is 0.490 e. The second-order valence-electron chi connectivity index (χ2n) is 19.1. The zero-order valence-corrected chi connectivity index (χ0v) is 50.4. The van der Waals surface area contributed by atoms with Crippen molar-refractivity contribution in [2.75, 3.05) is 77.7 Å². The summed E-state index contributed by atoms with van der Waals surface area (Å²) in [5.41, 5.74) is 3.31. The van der Waals surface area contributed by atoms with Gasteiger partial charge in [-0.1, -0.05) is 42.6 Å². The molecule has 9 rings (SSSR count). The maximum absolute atomic E-state index is 13.1. The predicted molar refractivity (Wildman–Crippen MR) is 308 cm³/mol. The van der Waals surface area contributed by atoms with Crippen LogP contribution in [0.4, 0.5) is 13.2 Å². The molecule has 0 bridgehead atoms. The van der Waals surface area contributed by atoms with E-state index in [2.05, 4.69) is 65.7 Å². The van der Waals surface area contributed by atoms with Gasteiger partial charge in [0.1, 0.15) is 34.2 Å². The Morgan fingerprint density at radius 1 is 0.747 bits per heavy atom. The lowest BCUT2D eigenvalue weighted by molar-refractivity contribution is -0.192. The number of ether oxygens (including phenoxy) is 3. The molecule has 0 radical (unpaired) electrons. The highest BCUT2D eigenvalue weighted by atomic mass is 79.9. The number of H-pyrrole nitrogens is 2. The third kappa shape index (κ3) is 18.8. The maximum atomic E-state index is 13.1. The number of nitrogens with one attached hydrogen (secondary N) is 5. The molecule has 0 spiro atoms. The van der Waals surface area contributed by atoms with Gasteiger partial charge in [0.25, 0.3) is 11.1 Å². The van der Waals surface area contributed by atoms with E-state index in [1.54, 1.807) is 26.2 Å². The van der Waals surface area contributed by atoms with E-state index in [0.29, 0.717) is 110 Å². The lowest BCUT2D eigenvalue weighted by atomic mass is 10.1. The molecule has 0 amide bonds. The fourth-order valence-electron chi connectivity index (χ4n) is 8.48. The Kier molecular flexibility index (Phi) is 26.0. The zero-order valence-electron chi connectivity index (χ0n) is 47.1. The van der Waals surface area contributed by atoms with Crippen LogP contribution in [-0.4, -0.2) is 178 Å². The van der Waals surface area contributed by atoms with Crippen LogP contribution in [0.25, 0.3) is 44.8 Å². The number of aromatic amines is 2. The molecule has 3 aliphatic heterocycles. The largest absolute Gasteiger partial charge is 0.493 e. The Balaban J connectivity index is 0.000000238. The summed E-state index contributed by atoms with van der Waals surface area (Å²) in [5.74, 6) is -1.42. The van der Waals surface area contributed by atoms with Crippen molar-refractivity contribution in [3.8, 4) is 34.3 Å². The number of sulfonamides is 2. The molecule has 31 heteroatoms. The standard InChI is InChI=1S/C23H32N6O5S.C20H26N6O4S.C4H8O.C3H7BrO.C2HF3O2/c1-4-7-18-20-21(28(3)26-18)23(31)25-22(24-20)17-12-16(8-9-19(17)34-5-2)35(32,33)27-15-13-29(14-15)10-6-11-30;1-4-6-15-17-18(26(3)24-15)20(27)23-19(22-17)14-9-13(7-8-16(14)30-5-2)31(28,29)25-12-10-21-11-12;1-2-4-5-3-1;4-2-1-3-5;3-2(4,5)1(6)7/h8-9,12,15,27,30H,4-7,10-11,13-14H2,1-3H3,(H,24,25,31);7-9,12,21,25H,4-6,10-11H2,1-3H3,(H,22,23,27);1-4H2;5H,1-3H2;(H,6,7). The molecule has 3 aliphatic rings. The molecule has 25 nitrogen and oxygen atoms in total. The molecule has 3 saturated heterocycles. The molecule has 460 valence electrons. The minimum atomic E-state index is -5.08. The number of fused-ring (bicyclic) bond motifs is 2. The van der Waals surface area contributed by atoms with E-state index in [0.717, 1.165) is 55.7 Å². The summed E-state index contributed by atoms with van der Waals surface area (Å²) < 4.78 is 108. The number of hydrogen-bond donors (Lipinski definition) is 8. The highest BCUT2D eigenvalue weighted by Crippen LogP contribution is 2.33. The van der Waals surface area contributed by atoms with Crippen LogP contribution < -0.4 is 35.4 Å². The van der Waals surface area contributed by atoms with Crippen LogP contribution in [0, 0.1) is 0 Å². The van der Waals surface area contributed by atoms with E-state index in [-0.39, 0.29) is 51.2 Å². The molecule has 4 aromatic heterocycles. The normalized spacial score (nSPS) is 14.7. The zero-order chi connectivity index (χ0) is 61.1. The first kappa shape index (κ1) is 67.9. The van der Waals surface area contributed by atoms with E-state index in [1.165, 1.54) is 46.5 Å². The SMILES string of the molecule is C1CCOC1.CCCc1nn(C)c2c(=O)[nH]c(-c3cc(S(=O)(=O)NC4CN(CCCO)C4)ccc3OCC)nc12.CCCc1nn(C)c2c(=O)[nH]c(-c3cc(S(=O)(=O)NC4CNC4)ccc3OCC)nc12.O=C(O)C(F)(F)F.OCCCBr. The van der Waals surface area contributed by atoms with Gasteiger partial charge in [0.05, 0.1) is 45.5 Å². The number of aryl methyl sites for hydroxylation is 4. The lowest BCUT2D eigenvalue weighted by Crippen LogP contribution is -2.59. The Bertz CT molecular complexity index is 3430. The first-order chi connectivity index (χ1) is 39.5. The van der Waals surface area contributed by atoms with Crippen molar-refractivity contribution in [2.24, 2.45) is 14.1 Å². The fourth-order valence-corrected chi connectivity index (χ4v) is 11.2. The average molecular weight is 1280 g/mol. The van der Waals surface area contributed by atoms with Gasteiger partial charge in [0.2, 0.25) is 20.0 Å². The molecule has 8 N–H and O–H groups in total. The number of aliphatic carboxylic acids is 1. The van der Waals surface area contributed by atoms with E-state index in [4.69, 9.17) is 34.3 Å². The highest BCUT2D eigenvalue weighted by molar-refractivity contribution is 9.09. The molecule has 0 atom stereocenters. The molecule has 2 aromatic carbocycles. The van der Waals surface area contributed by atoms with Crippen LogP contribution in [0.1, 0.15) is 77.6 Å². The van der Waals surface area contributed by atoms with Gasteiger partial charge in [0.15, 0.2) is 11.0 Å². The molecular formula is C52H74BrF3N12O13S2. The van der Waals surface area contributed by atoms with Crippen LogP contribution in [0.15, 0.2) is 55.8 Å². The quantitative estimate of drug-likeness (QED) is 0.0469. The topological polar surface area (TPSA) is 340 Å². The molecule has 0 aliphatic carbocycles. The number of nitrogens with zero attached hydrogens (tertiary/aromatic N) is 7. The summed E-state index contributed by atoms with van der Waals surface area (Å²) in [6.07, 6.45) is 2.04. The van der Waals surface area contributed by atoms with Crippen LogP contribution in [0.5, 0.6) is 11.5 Å². The minimum absolute atomic E-state index is 0.0625. The van der Waals surface area contributed by atoms with Crippen LogP contribution >= 0.6 is 15.9 Å². The van der Waals surface area contributed by atoms with Crippen molar-refractivity contribution in [1.82, 2.24) is 59.2 Å². The van der Waals surface area contributed by atoms with Gasteiger partial charge in [-0.25, -0.2) is 41.0 Å². The molecule has 7 heterocycles. The van der Waals surface area contributed by atoms with Crippen LogP contribution in [0.2, 0.25) is 0 Å². The third-order valence-electron chi connectivity index (χ3n) is 12.5. The van der Waals surface area contributed by atoms with Gasteiger partial charge in [-0.05, 0) is 88.8 Å². The molecule has 83 heavy (non-hydrogen) atoms. The second-order valence-corrected chi connectivity index (χ2v) is 23.3. The Labute approximate surface area is 487 Å². The summed E-state index contributed by atoms with van der Waals surface area (Å²) in [7, 11) is -4.13. The number of benzene rings is 2. The predicted octanol–water partition coefficient (Wildman–Crippen LogP) is 4.14. The Morgan fingerprint density at radius 3 is 1.51 bits per heavy atom. The van der Waals surface area contributed by atoms with Crippen molar-refractivity contribution in [3.63, 3.8) is 0 Å². The van der Waals surface area contributed by atoms with Crippen LogP contribution in [0.3, 0.4) is 0 Å². The Morgan fingerprint density at radius 2 is 1.18 bits per heavy atom. The minimum Gasteiger partial charge on any atom is -0.493 e. The number of aliphatic hydroxyl groups excluding tert-OH is 2. The van der Waals surface area contributed by atoms with Crippen molar-refractivity contribution < 1.29 is 64.3 Å². The van der Waals surface area contributed by atoms with Gasteiger partial charge in [0, 0.05) is 90.7 Å². The number of rotatable bonds is 21. The number of carboxylic acids is 1. The number of aromatic nitrogens is 8. The van der Waals surface area contributed by atoms with E-state index in [1.807, 2.05) is 27.7 Å². The monoisotopic (exact) mass is 1270 g/mol. The second kappa shape index (κ2) is 31.8. The highest BCUT2D eigenvalue weighted by Gasteiger charge is 2.38. The maximum Gasteiger partial charge on any atom is 0.490 e. The van der Waals surface area contributed by atoms with Gasteiger partial charge in [-0.2, -0.15) is 23.4 Å². The number of aliphatic hydroxyl groups is 2. The number of carboxylic acid groups (broad SMARTS) is 1. The number of hydrogen-bond acceptors (Lipinski definition) is 18. The fraction of sp³-hybridized carbons (Fsp3) is 0.558. The molecule has 3 fully saturated rings. The number of likely N-dealkylation sites (tertiary alicyclic amines) is 1. The summed E-state index contributed by atoms with van der Waals surface area (Å²) in [6.45, 7) is 14.0. The number of halogens is 4. The Hall–Kier alpha value is -5.90. The summed E-state index contributed by atoms with van der Waals surface area (Å²) >= 11 is 3.15. The van der Waals surface area contributed by atoms with Crippen LogP contribution in [-0.2, 0) is 56.5 Å². The summed E-state index contributed by atoms with van der Waals surface area (Å²) in [4.78, 5) is 51.7. The molecule has 0 saturated carbocycles. The van der Waals surface area contributed by atoms with Crippen molar-refractivity contribution >= 4 is 64.0 Å². The van der Waals surface area contributed by atoms with Crippen molar-refractivity contribution in [2.45, 2.75) is 107 Å². The van der Waals surface area contributed by atoms with Gasteiger partial charge in [-0.15, -0.1) is 0 Å². The first-order valence-electron chi connectivity index (χ1n) is 27.1. The summed E-state index contributed by atoms with van der Waals surface area (Å²) in [5, 5.41) is 36.9. The molecule has 0 unspecified atom stereocenters. The molecular weight excluding hydrogens is 1200 g/mol.